The van der Waals surface area contributed by atoms with Crippen LogP contribution in [0.4, 0.5) is 0 Å². The molecule has 0 saturated carbocycles. The molecule has 63 heavy (non-hydrogen) atoms. The lowest BCUT2D eigenvalue weighted by Crippen LogP contribution is -2.37. The Bertz CT molecular complexity index is 2920. The Balaban J connectivity index is 1.34. The van der Waals surface area contributed by atoms with Crippen molar-refractivity contribution in [3.8, 4) is 86.2 Å². The van der Waals surface area contributed by atoms with Crippen LogP contribution in [-0.4, -0.2) is 88.8 Å². The lowest BCUT2D eigenvalue weighted by atomic mass is 9.75. The van der Waals surface area contributed by atoms with E-state index in [-0.39, 0.29) is 51.3 Å². The van der Waals surface area contributed by atoms with Gasteiger partial charge in [-0.25, -0.2) is 0 Å². The van der Waals surface area contributed by atoms with Gasteiger partial charge in [0.15, 0.2) is 46.7 Å². The predicted molar refractivity (Wildman–Crippen MR) is 215 cm³/mol. The molecule has 6 atom stereocenters. The van der Waals surface area contributed by atoms with Gasteiger partial charge < -0.3 is 90.8 Å². The van der Waals surface area contributed by atoms with Gasteiger partial charge in [0.05, 0.1) is 23.1 Å². The Morgan fingerprint density at radius 2 is 0.937 bits per heavy atom. The maximum Gasteiger partial charge on any atom is 0.181 e. The number of aliphatic hydroxyl groups excluding tert-OH is 3. The number of rotatable bonds is 5. The summed E-state index contributed by atoms with van der Waals surface area (Å²) in [4.78, 5) is 0. The SMILES string of the molecule is OC1=C(c2c(O)cc(O)c3c2O[C@H](c2ccc(O)c(O)c2)[C@H](O)[C@H]3c2c(O)cc(O)c3c2O[C@H](c2ccc(O)c(O)c2)[C@H](O)C3)c2c(O)cc(O)cc2O[C@@H]1c1ccc(O)c(O)c1. The van der Waals surface area contributed by atoms with E-state index in [2.05, 4.69) is 0 Å². The Labute approximate surface area is 354 Å². The van der Waals surface area contributed by atoms with Crippen molar-refractivity contribution in [2.24, 2.45) is 0 Å². The Hall–Kier alpha value is -8.22. The highest BCUT2D eigenvalue weighted by Crippen LogP contribution is 2.62. The second-order valence-electron chi connectivity index (χ2n) is 15.3. The summed E-state index contributed by atoms with van der Waals surface area (Å²) >= 11 is 0. The molecule has 0 aliphatic carbocycles. The molecule has 9 rings (SSSR count). The Morgan fingerprint density at radius 3 is 1.54 bits per heavy atom. The first-order chi connectivity index (χ1) is 29.9. The lowest BCUT2D eigenvalue weighted by molar-refractivity contribution is 0.000975. The molecule has 6 aromatic rings. The van der Waals surface area contributed by atoms with E-state index in [9.17, 15) is 76.6 Å². The summed E-state index contributed by atoms with van der Waals surface area (Å²) in [5.41, 5.74) is -1.91. The standard InChI is InChI=1S/C45H36O18/c46-18-10-27(54)33-32(11-18)61-42(16-2-5-21(48)25(52)8-16)39(59)37(33)35-29(56)14-30(57)36-38(40(60)43(63-45(35)36)17-3-6-22(49)26(53)9-17)34-28(55)13-23(50)19-12-31(58)41(62-44(19)34)15-1-4-20(47)24(51)7-15/h1-11,13-14,31,38,40-43,46-60H,12H2/t31-,38+,40-,41-,42-,43-/m1/s1. The first kappa shape index (κ1) is 40.2. The van der Waals surface area contributed by atoms with Crippen molar-refractivity contribution in [1.29, 1.82) is 0 Å². The van der Waals surface area contributed by atoms with Crippen molar-refractivity contribution in [1.82, 2.24) is 0 Å². The van der Waals surface area contributed by atoms with E-state index in [1.54, 1.807) is 0 Å². The number of aliphatic hydroxyl groups is 3. The van der Waals surface area contributed by atoms with Crippen LogP contribution in [0.2, 0.25) is 0 Å². The minimum Gasteiger partial charge on any atom is -0.508 e. The molecule has 3 aliphatic heterocycles. The number of benzene rings is 6. The smallest absolute Gasteiger partial charge is 0.181 e. The molecule has 3 heterocycles. The number of ether oxygens (including phenoxy) is 3. The van der Waals surface area contributed by atoms with E-state index >= 15 is 0 Å². The van der Waals surface area contributed by atoms with Crippen molar-refractivity contribution >= 4 is 5.57 Å². The fraction of sp³-hybridized carbons (Fsp3) is 0.156. The van der Waals surface area contributed by atoms with Gasteiger partial charge in [-0.2, -0.15) is 0 Å². The third kappa shape index (κ3) is 6.34. The van der Waals surface area contributed by atoms with Gasteiger partial charge in [0.25, 0.3) is 0 Å². The molecular weight excluding hydrogens is 828 g/mol. The van der Waals surface area contributed by atoms with Crippen LogP contribution in [-0.2, 0) is 6.42 Å². The zero-order valence-corrected chi connectivity index (χ0v) is 32.1. The molecule has 0 bridgehead atoms. The maximum absolute atomic E-state index is 12.5. The molecule has 3 aliphatic rings. The van der Waals surface area contributed by atoms with Crippen molar-refractivity contribution in [3.05, 3.63) is 129 Å². The molecule has 324 valence electrons. The largest absolute Gasteiger partial charge is 0.508 e. The molecule has 0 saturated heterocycles. The van der Waals surface area contributed by atoms with Crippen LogP contribution in [0, 0.1) is 0 Å². The van der Waals surface area contributed by atoms with Crippen LogP contribution in [0.15, 0.2) is 84.6 Å². The van der Waals surface area contributed by atoms with Gasteiger partial charge in [-0.3, -0.25) is 0 Å². The zero-order valence-electron chi connectivity index (χ0n) is 32.1. The summed E-state index contributed by atoms with van der Waals surface area (Å²) in [6.45, 7) is 0. The zero-order chi connectivity index (χ0) is 44.9. The quantitative estimate of drug-likeness (QED) is 0.0981. The van der Waals surface area contributed by atoms with Crippen LogP contribution in [0.5, 0.6) is 86.2 Å². The molecule has 0 unspecified atom stereocenters. The summed E-state index contributed by atoms with van der Waals surface area (Å²) in [5.74, 6) is -11.1. The molecule has 0 fully saturated rings. The van der Waals surface area contributed by atoms with Gasteiger partial charge in [0.2, 0.25) is 0 Å². The van der Waals surface area contributed by atoms with Crippen molar-refractivity contribution in [3.63, 3.8) is 0 Å². The molecule has 18 heteroatoms. The first-order valence-electron chi connectivity index (χ1n) is 19.0. The number of phenols is 12. The normalized spacial score (nSPS) is 21.3. The molecule has 6 aromatic carbocycles. The van der Waals surface area contributed by atoms with Crippen molar-refractivity contribution in [2.75, 3.05) is 0 Å². The van der Waals surface area contributed by atoms with Gasteiger partial charge in [-0.15, -0.1) is 0 Å². The minimum atomic E-state index is -1.92. The number of hydrogen-bond donors (Lipinski definition) is 15. The van der Waals surface area contributed by atoms with E-state index in [0.717, 1.165) is 60.7 Å². The highest BCUT2D eigenvalue weighted by molar-refractivity contribution is 5.94. The third-order valence-corrected chi connectivity index (χ3v) is 11.5. The Kier molecular flexibility index (Phi) is 9.23. The molecule has 0 aromatic heterocycles. The number of phenolic OH excluding ortho intramolecular Hbond substituents is 12. The highest BCUT2D eigenvalue weighted by atomic mass is 16.5. The summed E-state index contributed by atoms with van der Waals surface area (Å²) in [7, 11) is 0. The summed E-state index contributed by atoms with van der Waals surface area (Å²) in [6.07, 6.45) is -8.27. The monoisotopic (exact) mass is 864 g/mol. The number of fused-ring (bicyclic) bond motifs is 3. The topological polar surface area (TPSA) is 331 Å². The van der Waals surface area contributed by atoms with Gasteiger partial charge in [-0.05, 0) is 47.5 Å². The van der Waals surface area contributed by atoms with Crippen LogP contribution in [0.25, 0.3) is 5.57 Å². The van der Waals surface area contributed by atoms with E-state index < -0.39 is 134 Å². The van der Waals surface area contributed by atoms with Gasteiger partial charge in [0, 0.05) is 58.5 Å². The van der Waals surface area contributed by atoms with Gasteiger partial charge in [-0.1, -0.05) is 18.2 Å². The van der Waals surface area contributed by atoms with Crippen LogP contribution < -0.4 is 14.2 Å². The Morgan fingerprint density at radius 1 is 0.429 bits per heavy atom. The van der Waals surface area contributed by atoms with E-state index in [1.807, 2.05) is 0 Å². The second-order valence-corrected chi connectivity index (χ2v) is 15.3. The fourth-order valence-corrected chi connectivity index (χ4v) is 8.56. The molecule has 0 spiro atoms. The van der Waals surface area contributed by atoms with Crippen LogP contribution in [0.1, 0.15) is 68.7 Å². The highest BCUT2D eigenvalue weighted by Gasteiger charge is 2.49. The van der Waals surface area contributed by atoms with Crippen molar-refractivity contribution in [2.45, 2.75) is 42.9 Å². The first-order valence-corrected chi connectivity index (χ1v) is 19.0. The maximum atomic E-state index is 12.5. The predicted octanol–water partition coefficient (Wildman–Crippen LogP) is 5.27. The third-order valence-electron chi connectivity index (χ3n) is 11.5. The van der Waals surface area contributed by atoms with E-state index in [0.29, 0.717) is 0 Å². The molecule has 0 amide bonds. The molecular formula is C45H36O18. The van der Waals surface area contributed by atoms with E-state index in [1.165, 1.54) is 18.2 Å². The van der Waals surface area contributed by atoms with Gasteiger partial charge in [0.1, 0.15) is 69.7 Å². The van der Waals surface area contributed by atoms with E-state index in [4.69, 9.17) is 14.2 Å². The molecule has 15 N–H and O–H groups in total. The van der Waals surface area contributed by atoms with Crippen LogP contribution in [0.3, 0.4) is 0 Å². The van der Waals surface area contributed by atoms with Gasteiger partial charge >= 0.3 is 0 Å². The van der Waals surface area contributed by atoms with Crippen molar-refractivity contribution < 1.29 is 90.8 Å². The average Bonchev–Trinajstić information content (AvgIpc) is 3.22. The summed E-state index contributed by atoms with van der Waals surface area (Å²) in [5, 5.41) is 166. The number of aromatic hydroxyl groups is 12. The summed E-state index contributed by atoms with van der Waals surface area (Å²) in [6, 6.07) is 14.1. The number of hydrogen-bond acceptors (Lipinski definition) is 18. The summed E-state index contributed by atoms with van der Waals surface area (Å²) < 4.78 is 18.8. The fourth-order valence-electron chi connectivity index (χ4n) is 8.56. The lowest BCUT2D eigenvalue weighted by Gasteiger charge is -2.41. The minimum absolute atomic E-state index is 0.0176. The molecule has 18 nitrogen and oxygen atoms in total. The van der Waals surface area contributed by atoms with Crippen LogP contribution >= 0.6 is 0 Å². The molecule has 0 radical (unpaired) electrons. The average molecular weight is 865 g/mol. The second kappa shape index (κ2) is 14.5.